The molecule has 1 aromatic carbocycles. The molecule has 0 spiro atoms. The van der Waals surface area contributed by atoms with Gasteiger partial charge in [0.1, 0.15) is 6.10 Å². The molecule has 1 aromatic rings. The summed E-state index contributed by atoms with van der Waals surface area (Å²) in [5.74, 6) is 0. The highest BCUT2D eigenvalue weighted by Crippen LogP contribution is 2.14. The van der Waals surface area contributed by atoms with Gasteiger partial charge in [0.15, 0.2) is 6.29 Å². The van der Waals surface area contributed by atoms with Crippen molar-refractivity contribution < 1.29 is 14.2 Å². The van der Waals surface area contributed by atoms with Gasteiger partial charge in [0.05, 0.1) is 25.2 Å². The smallest absolute Gasteiger partial charge is 0.167 e. The molecule has 1 aliphatic rings. The topological polar surface area (TPSA) is 27.7 Å². The van der Waals surface area contributed by atoms with Gasteiger partial charge in [0, 0.05) is 0 Å². The minimum Gasteiger partial charge on any atom is -0.374 e. The van der Waals surface area contributed by atoms with Gasteiger partial charge in [-0.1, -0.05) is 46.3 Å². The van der Waals surface area contributed by atoms with E-state index in [-0.39, 0.29) is 12.4 Å². The number of alkyl halides is 1. The molecule has 1 aliphatic heterocycles. The highest BCUT2D eigenvalue weighted by Gasteiger charge is 2.24. The molecule has 4 heteroatoms. The summed E-state index contributed by atoms with van der Waals surface area (Å²) >= 11 is 3.32. The van der Waals surface area contributed by atoms with Gasteiger partial charge in [-0.25, -0.2) is 0 Å². The van der Waals surface area contributed by atoms with Crippen molar-refractivity contribution in [1.82, 2.24) is 0 Å². The Bertz CT molecular complexity index is 304. The molecule has 0 aliphatic carbocycles. The SMILES string of the molecule is BrC[C@@H]1OC[C@H](COCc2ccccc2)O1. The van der Waals surface area contributed by atoms with Crippen LogP contribution in [0, 0.1) is 0 Å². The number of hydrogen-bond acceptors (Lipinski definition) is 3. The molecule has 0 saturated carbocycles. The van der Waals surface area contributed by atoms with Crippen LogP contribution in [-0.2, 0) is 20.8 Å². The Morgan fingerprint density at radius 1 is 1.31 bits per heavy atom. The van der Waals surface area contributed by atoms with Gasteiger partial charge in [-0.05, 0) is 5.56 Å². The average Bonchev–Trinajstić information content (AvgIpc) is 2.78. The number of halogens is 1. The van der Waals surface area contributed by atoms with E-state index in [1.165, 1.54) is 5.56 Å². The zero-order chi connectivity index (χ0) is 11.2. The highest BCUT2D eigenvalue weighted by atomic mass is 79.9. The molecular formula is C12H15BrO3. The lowest BCUT2D eigenvalue weighted by Gasteiger charge is -2.10. The van der Waals surface area contributed by atoms with Crippen molar-refractivity contribution in [3.05, 3.63) is 35.9 Å². The van der Waals surface area contributed by atoms with Gasteiger partial charge >= 0.3 is 0 Å². The minimum absolute atomic E-state index is 0.0614. The van der Waals surface area contributed by atoms with E-state index < -0.39 is 0 Å². The lowest BCUT2D eigenvalue weighted by Crippen LogP contribution is -2.19. The summed E-state index contributed by atoms with van der Waals surface area (Å²) in [5, 5.41) is 0.711. The predicted octanol–water partition coefficient (Wildman–Crippen LogP) is 2.34. The van der Waals surface area contributed by atoms with E-state index in [1.807, 2.05) is 30.3 Å². The van der Waals surface area contributed by atoms with Crippen LogP contribution in [0.3, 0.4) is 0 Å². The van der Waals surface area contributed by atoms with Gasteiger partial charge in [-0.3, -0.25) is 0 Å². The third-order valence-electron chi connectivity index (χ3n) is 2.35. The molecule has 0 radical (unpaired) electrons. The van der Waals surface area contributed by atoms with E-state index in [0.717, 1.165) is 0 Å². The third kappa shape index (κ3) is 3.56. The van der Waals surface area contributed by atoms with Crippen molar-refractivity contribution in [2.24, 2.45) is 0 Å². The van der Waals surface area contributed by atoms with Crippen LogP contribution in [-0.4, -0.2) is 30.9 Å². The molecule has 0 aromatic heterocycles. The Balaban J connectivity index is 1.65. The Kier molecular flexibility index (Phi) is 4.78. The maximum Gasteiger partial charge on any atom is 0.167 e. The maximum atomic E-state index is 5.58. The van der Waals surface area contributed by atoms with Crippen LogP contribution in [0.25, 0.3) is 0 Å². The van der Waals surface area contributed by atoms with Crippen LogP contribution in [0.5, 0.6) is 0 Å². The second-order valence-corrected chi connectivity index (χ2v) is 4.32. The Morgan fingerprint density at radius 3 is 2.81 bits per heavy atom. The minimum atomic E-state index is -0.120. The van der Waals surface area contributed by atoms with Gasteiger partial charge in [0.2, 0.25) is 0 Å². The van der Waals surface area contributed by atoms with E-state index in [9.17, 15) is 0 Å². The van der Waals surface area contributed by atoms with E-state index in [4.69, 9.17) is 14.2 Å². The largest absolute Gasteiger partial charge is 0.374 e. The zero-order valence-electron chi connectivity index (χ0n) is 8.97. The van der Waals surface area contributed by atoms with E-state index in [2.05, 4.69) is 15.9 Å². The molecule has 1 saturated heterocycles. The molecule has 1 fully saturated rings. The van der Waals surface area contributed by atoms with Crippen molar-refractivity contribution >= 4 is 15.9 Å². The van der Waals surface area contributed by atoms with E-state index in [0.29, 0.717) is 25.2 Å². The maximum absolute atomic E-state index is 5.58. The monoisotopic (exact) mass is 286 g/mol. The zero-order valence-corrected chi connectivity index (χ0v) is 10.6. The number of ether oxygens (including phenoxy) is 3. The quantitative estimate of drug-likeness (QED) is 0.778. The Morgan fingerprint density at radius 2 is 2.12 bits per heavy atom. The van der Waals surface area contributed by atoms with Crippen LogP contribution < -0.4 is 0 Å². The van der Waals surface area contributed by atoms with Crippen molar-refractivity contribution in [2.45, 2.75) is 19.0 Å². The summed E-state index contributed by atoms with van der Waals surface area (Å²) < 4.78 is 16.5. The highest BCUT2D eigenvalue weighted by molar-refractivity contribution is 9.09. The molecule has 2 rings (SSSR count). The summed E-state index contributed by atoms with van der Waals surface area (Å²) in [6.07, 6.45) is -0.0587. The van der Waals surface area contributed by atoms with Crippen molar-refractivity contribution in [2.75, 3.05) is 18.5 Å². The fourth-order valence-corrected chi connectivity index (χ4v) is 1.90. The number of hydrogen-bond donors (Lipinski definition) is 0. The van der Waals surface area contributed by atoms with Crippen LogP contribution in [0.2, 0.25) is 0 Å². The van der Waals surface area contributed by atoms with E-state index in [1.54, 1.807) is 0 Å². The van der Waals surface area contributed by atoms with E-state index >= 15 is 0 Å². The first kappa shape index (κ1) is 12.0. The van der Waals surface area contributed by atoms with Crippen LogP contribution in [0.1, 0.15) is 5.56 Å². The first-order chi connectivity index (χ1) is 7.88. The van der Waals surface area contributed by atoms with Crippen molar-refractivity contribution in [3.63, 3.8) is 0 Å². The normalized spacial score (nSPS) is 24.8. The van der Waals surface area contributed by atoms with Crippen molar-refractivity contribution in [1.29, 1.82) is 0 Å². The average molecular weight is 287 g/mol. The summed E-state index contributed by atoms with van der Waals surface area (Å²) in [7, 11) is 0. The van der Waals surface area contributed by atoms with Gasteiger partial charge < -0.3 is 14.2 Å². The predicted molar refractivity (Wildman–Crippen MR) is 64.5 cm³/mol. The molecule has 0 unspecified atom stereocenters. The fourth-order valence-electron chi connectivity index (χ4n) is 1.56. The number of rotatable bonds is 5. The van der Waals surface area contributed by atoms with Crippen molar-refractivity contribution in [3.8, 4) is 0 Å². The molecule has 0 amide bonds. The summed E-state index contributed by atoms with van der Waals surface area (Å²) in [4.78, 5) is 0. The van der Waals surface area contributed by atoms with Gasteiger partial charge in [-0.15, -0.1) is 0 Å². The second-order valence-electron chi connectivity index (χ2n) is 3.68. The molecule has 1 heterocycles. The molecular weight excluding hydrogens is 272 g/mol. The molecule has 2 atom stereocenters. The first-order valence-electron chi connectivity index (χ1n) is 5.33. The standard InChI is InChI=1S/C12H15BrO3/c13-6-12-15-9-11(16-12)8-14-7-10-4-2-1-3-5-10/h1-5,11-12H,6-9H2/t11-,12+/m0/s1. The molecule has 0 bridgehead atoms. The number of benzene rings is 1. The van der Waals surface area contributed by atoms with Crippen LogP contribution in [0.4, 0.5) is 0 Å². The molecule has 3 nitrogen and oxygen atoms in total. The molecule has 16 heavy (non-hydrogen) atoms. The Labute approximate surface area is 104 Å². The third-order valence-corrected chi connectivity index (χ3v) is 2.88. The second kappa shape index (κ2) is 6.35. The summed E-state index contributed by atoms with van der Waals surface area (Å²) in [5.41, 5.74) is 1.18. The summed E-state index contributed by atoms with van der Waals surface area (Å²) in [6.45, 7) is 1.82. The lowest BCUT2D eigenvalue weighted by molar-refractivity contribution is -0.0560. The Hall–Kier alpha value is -0.420. The van der Waals surface area contributed by atoms with Gasteiger partial charge in [0.25, 0.3) is 0 Å². The van der Waals surface area contributed by atoms with Crippen LogP contribution in [0.15, 0.2) is 30.3 Å². The van der Waals surface area contributed by atoms with Crippen LogP contribution >= 0.6 is 15.9 Å². The molecule has 88 valence electrons. The lowest BCUT2D eigenvalue weighted by atomic mass is 10.2. The van der Waals surface area contributed by atoms with Gasteiger partial charge in [-0.2, -0.15) is 0 Å². The fraction of sp³-hybridized carbons (Fsp3) is 0.500. The molecule has 0 N–H and O–H groups in total. The summed E-state index contributed by atoms with van der Waals surface area (Å²) in [6, 6.07) is 10.1. The first-order valence-corrected chi connectivity index (χ1v) is 6.45.